The highest BCUT2D eigenvalue weighted by Crippen LogP contribution is 2.15. The molecule has 0 amide bonds. The number of benzene rings is 1. The van der Waals surface area contributed by atoms with Crippen molar-refractivity contribution in [3.8, 4) is 5.75 Å². The van der Waals surface area contributed by atoms with Gasteiger partial charge in [0.25, 0.3) is 0 Å². The molecule has 0 bridgehead atoms. The molecule has 0 aromatic heterocycles. The van der Waals surface area contributed by atoms with Gasteiger partial charge < -0.3 is 15.2 Å². The molecule has 0 aliphatic heterocycles. The third-order valence-electron chi connectivity index (χ3n) is 2.38. The molecule has 1 rings (SSSR count). The van der Waals surface area contributed by atoms with Crippen molar-refractivity contribution in [1.29, 1.82) is 0 Å². The second kappa shape index (κ2) is 8.83. The molecule has 2 N–H and O–H groups in total. The maximum absolute atomic E-state index is 12.8. The maximum atomic E-state index is 12.8. The topological polar surface area (TPSA) is 44.5 Å². The molecule has 0 atom stereocenters. The van der Waals surface area contributed by atoms with E-state index in [2.05, 4.69) is 0 Å². The number of halogens is 2. The van der Waals surface area contributed by atoms with Crippen LogP contribution < -0.4 is 10.5 Å². The second-order valence-electron chi connectivity index (χ2n) is 3.89. The molecule has 0 radical (unpaired) electrons. The van der Waals surface area contributed by atoms with Crippen molar-refractivity contribution in [1.82, 2.24) is 0 Å². The lowest BCUT2D eigenvalue weighted by Crippen LogP contribution is -2.08. The molecular formula is C13H19F2NO2. The van der Waals surface area contributed by atoms with Gasteiger partial charge in [-0.1, -0.05) is 0 Å². The molecule has 0 fully saturated rings. The quantitative estimate of drug-likeness (QED) is 0.693. The van der Waals surface area contributed by atoms with Crippen LogP contribution >= 0.6 is 0 Å². The van der Waals surface area contributed by atoms with E-state index in [-0.39, 0.29) is 0 Å². The van der Waals surface area contributed by atoms with E-state index >= 15 is 0 Å². The van der Waals surface area contributed by atoms with Crippen molar-refractivity contribution in [2.75, 3.05) is 26.4 Å². The zero-order valence-electron chi connectivity index (χ0n) is 10.3. The molecule has 0 saturated carbocycles. The fourth-order valence-electron chi connectivity index (χ4n) is 1.41. The minimum Gasteiger partial charge on any atom is -0.491 e. The number of hydrogen-bond acceptors (Lipinski definition) is 3. The monoisotopic (exact) mass is 259 g/mol. The summed E-state index contributed by atoms with van der Waals surface area (Å²) in [5.74, 6) is -1.48. The minimum absolute atomic E-state index is 0.306. The summed E-state index contributed by atoms with van der Waals surface area (Å²) in [5.41, 5.74) is 5.36. The first-order chi connectivity index (χ1) is 8.74. The first-order valence-electron chi connectivity index (χ1n) is 6.09. The molecule has 0 saturated heterocycles. The van der Waals surface area contributed by atoms with Crippen LogP contribution in [0.4, 0.5) is 8.78 Å². The fraction of sp³-hybridized carbons (Fsp3) is 0.538. The summed E-state index contributed by atoms with van der Waals surface area (Å²) < 4.78 is 36.0. The van der Waals surface area contributed by atoms with Crippen LogP contribution in [0.3, 0.4) is 0 Å². The Morgan fingerprint density at radius 2 is 1.78 bits per heavy atom. The Labute approximate surface area is 106 Å². The molecule has 0 aliphatic rings. The van der Waals surface area contributed by atoms with Gasteiger partial charge in [0, 0.05) is 12.7 Å². The summed E-state index contributed by atoms with van der Waals surface area (Å²) in [4.78, 5) is 0. The average molecular weight is 259 g/mol. The zero-order valence-corrected chi connectivity index (χ0v) is 10.3. The summed E-state index contributed by atoms with van der Waals surface area (Å²) in [6.45, 7) is 2.13. The minimum atomic E-state index is -0.907. The number of unbranched alkanes of at least 4 members (excludes halogenated alkanes) is 2. The number of ether oxygens (including phenoxy) is 2. The molecule has 0 unspecified atom stereocenters. The highest BCUT2D eigenvalue weighted by Gasteiger charge is 2.02. The normalized spacial score (nSPS) is 10.6. The molecule has 1 aromatic rings. The van der Waals surface area contributed by atoms with Crippen LogP contribution in [-0.2, 0) is 4.74 Å². The number of hydrogen-bond donors (Lipinski definition) is 1. The van der Waals surface area contributed by atoms with E-state index in [1.807, 2.05) is 0 Å². The van der Waals surface area contributed by atoms with E-state index in [4.69, 9.17) is 15.2 Å². The van der Waals surface area contributed by atoms with Gasteiger partial charge in [0.15, 0.2) is 11.6 Å². The van der Waals surface area contributed by atoms with Gasteiger partial charge in [-0.2, -0.15) is 0 Å². The Morgan fingerprint density at radius 1 is 0.944 bits per heavy atom. The largest absolute Gasteiger partial charge is 0.491 e. The summed E-state index contributed by atoms with van der Waals surface area (Å²) in [7, 11) is 0. The first-order valence-corrected chi connectivity index (χ1v) is 6.09. The predicted molar refractivity (Wildman–Crippen MR) is 65.6 cm³/mol. The van der Waals surface area contributed by atoms with E-state index in [1.54, 1.807) is 0 Å². The van der Waals surface area contributed by atoms with Crippen LogP contribution in [0.25, 0.3) is 0 Å². The lowest BCUT2D eigenvalue weighted by atomic mass is 10.2. The smallest absolute Gasteiger partial charge is 0.162 e. The van der Waals surface area contributed by atoms with Gasteiger partial charge in [0.05, 0.1) is 6.61 Å². The Hall–Kier alpha value is -1.20. The Morgan fingerprint density at radius 3 is 2.50 bits per heavy atom. The third-order valence-corrected chi connectivity index (χ3v) is 2.38. The van der Waals surface area contributed by atoms with Crippen molar-refractivity contribution in [2.45, 2.75) is 19.3 Å². The van der Waals surface area contributed by atoms with E-state index < -0.39 is 11.6 Å². The van der Waals surface area contributed by atoms with Crippen LogP contribution in [0.15, 0.2) is 18.2 Å². The van der Waals surface area contributed by atoms with Crippen molar-refractivity contribution in [2.24, 2.45) is 5.73 Å². The van der Waals surface area contributed by atoms with E-state index in [1.165, 1.54) is 6.07 Å². The lowest BCUT2D eigenvalue weighted by molar-refractivity contribution is 0.0971. The average Bonchev–Trinajstić information content (AvgIpc) is 2.37. The standard InChI is InChI=1S/C13H19F2NO2/c14-12-5-4-11(10-13(12)15)18-9-8-17-7-3-1-2-6-16/h4-5,10H,1-3,6-9,16H2. The van der Waals surface area contributed by atoms with Crippen LogP contribution in [0.5, 0.6) is 5.75 Å². The molecule has 3 nitrogen and oxygen atoms in total. The molecule has 0 spiro atoms. The summed E-state index contributed by atoms with van der Waals surface area (Å²) in [5, 5.41) is 0. The van der Waals surface area contributed by atoms with E-state index in [9.17, 15) is 8.78 Å². The van der Waals surface area contributed by atoms with Crippen molar-refractivity contribution < 1.29 is 18.3 Å². The van der Waals surface area contributed by atoms with Crippen LogP contribution in [-0.4, -0.2) is 26.4 Å². The maximum Gasteiger partial charge on any atom is 0.162 e. The van der Waals surface area contributed by atoms with Gasteiger partial charge in [-0.25, -0.2) is 8.78 Å². The Kier molecular flexibility index (Phi) is 7.29. The highest BCUT2D eigenvalue weighted by atomic mass is 19.2. The number of rotatable bonds is 9. The zero-order chi connectivity index (χ0) is 13.2. The Balaban J connectivity index is 2.05. The van der Waals surface area contributed by atoms with E-state index in [0.29, 0.717) is 32.1 Å². The highest BCUT2D eigenvalue weighted by molar-refractivity contribution is 5.23. The molecule has 0 heterocycles. The molecule has 0 aliphatic carbocycles. The predicted octanol–water partition coefficient (Wildman–Crippen LogP) is 2.49. The van der Waals surface area contributed by atoms with E-state index in [0.717, 1.165) is 31.4 Å². The molecule has 5 heteroatoms. The van der Waals surface area contributed by atoms with Crippen molar-refractivity contribution in [3.63, 3.8) is 0 Å². The van der Waals surface area contributed by atoms with Crippen LogP contribution in [0.1, 0.15) is 19.3 Å². The molecular weight excluding hydrogens is 240 g/mol. The van der Waals surface area contributed by atoms with Gasteiger partial charge in [-0.15, -0.1) is 0 Å². The van der Waals surface area contributed by atoms with Gasteiger partial charge in [0.2, 0.25) is 0 Å². The molecule has 102 valence electrons. The van der Waals surface area contributed by atoms with Gasteiger partial charge in [-0.3, -0.25) is 0 Å². The third kappa shape index (κ3) is 5.93. The second-order valence-corrected chi connectivity index (χ2v) is 3.89. The summed E-state index contributed by atoms with van der Waals surface area (Å²) in [6, 6.07) is 3.45. The van der Waals surface area contributed by atoms with Crippen molar-refractivity contribution >= 4 is 0 Å². The van der Waals surface area contributed by atoms with Crippen molar-refractivity contribution in [3.05, 3.63) is 29.8 Å². The summed E-state index contributed by atoms with van der Waals surface area (Å²) in [6.07, 6.45) is 3.04. The summed E-state index contributed by atoms with van der Waals surface area (Å²) >= 11 is 0. The lowest BCUT2D eigenvalue weighted by Gasteiger charge is -2.07. The van der Waals surface area contributed by atoms with Crippen LogP contribution in [0.2, 0.25) is 0 Å². The van der Waals surface area contributed by atoms with Gasteiger partial charge in [0.1, 0.15) is 12.4 Å². The van der Waals surface area contributed by atoms with Crippen LogP contribution in [0, 0.1) is 11.6 Å². The SMILES string of the molecule is NCCCCCOCCOc1ccc(F)c(F)c1. The fourth-order valence-corrected chi connectivity index (χ4v) is 1.41. The Bertz CT molecular complexity index is 348. The molecule has 18 heavy (non-hydrogen) atoms. The first kappa shape index (κ1) is 14.9. The number of nitrogens with two attached hydrogens (primary N) is 1. The van der Waals surface area contributed by atoms with Gasteiger partial charge in [-0.05, 0) is 37.9 Å². The molecule has 1 aromatic carbocycles. The van der Waals surface area contributed by atoms with Gasteiger partial charge >= 0.3 is 0 Å².